The highest BCUT2D eigenvalue weighted by Crippen LogP contribution is 2.30. The van der Waals surface area contributed by atoms with Crippen molar-refractivity contribution in [3.8, 4) is 0 Å². The van der Waals surface area contributed by atoms with E-state index in [2.05, 4.69) is 37.4 Å². The van der Waals surface area contributed by atoms with Crippen molar-refractivity contribution >= 4 is 40.6 Å². The number of rotatable bonds is 12. The van der Waals surface area contributed by atoms with E-state index in [0.717, 1.165) is 36.4 Å². The second kappa shape index (κ2) is 12.5. The molecule has 9 heteroatoms. The summed E-state index contributed by atoms with van der Waals surface area (Å²) in [5, 5.41) is 3.00. The maximum Gasteiger partial charge on any atom is 0.272 e. The monoisotopic (exact) mass is 487 g/mol. The second-order valence-electron chi connectivity index (χ2n) is 9.19. The minimum atomic E-state index is -0.797. The summed E-state index contributed by atoms with van der Waals surface area (Å²) in [6.07, 6.45) is 2.97. The van der Waals surface area contributed by atoms with Crippen LogP contribution in [0.2, 0.25) is 0 Å². The molecule has 1 unspecified atom stereocenters. The number of nitrogens with two attached hydrogens (primary N) is 2. The lowest BCUT2D eigenvalue weighted by Crippen LogP contribution is -2.50. The SMILES string of the molecule is CCCCC(C(=O)NCCC(C)C)N(C(=O)c1snc(C(N)=O)c1N)c1ccc(C(C)C)cc1. The van der Waals surface area contributed by atoms with Crippen molar-refractivity contribution in [2.45, 2.75) is 72.3 Å². The Morgan fingerprint density at radius 2 is 1.74 bits per heavy atom. The Kier molecular flexibility index (Phi) is 10.0. The first-order valence-corrected chi connectivity index (χ1v) is 12.6. The first kappa shape index (κ1) is 27.3. The van der Waals surface area contributed by atoms with Crippen LogP contribution in [0.1, 0.15) is 91.9 Å². The molecule has 0 aliphatic heterocycles. The summed E-state index contributed by atoms with van der Waals surface area (Å²) < 4.78 is 3.98. The zero-order valence-electron chi connectivity index (χ0n) is 20.8. The fraction of sp³-hybridized carbons (Fsp3) is 0.520. The number of aromatic nitrogens is 1. The van der Waals surface area contributed by atoms with Crippen LogP contribution in [0.3, 0.4) is 0 Å². The van der Waals surface area contributed by atoms with Gasteiger partial charge in [-0.2, -0.15) is 4.37 Å². The van der Waals surface area contributed by atoms with E-state index in [9.17, 15) is 14.4 Å². The van der Waals surface area contributed by atoms with Gasteiger partial charge in [0.05, 0.1) is 5.69 Å². The van der Waals surface area contributed by atoms with Crippen LogP contribution in [-0.4, -0.2) is 34.7 Å². The van der Waals surface area contributed by atoms with Gasteiger partial charge in [0.15, 0.2) is 5.69 Å². The third-order valence-corrected chi connectivity index (χ3v) is 6.53. The summed E-state index contributed by atoms with van der Waals surface area (Å²) in [7, 11) is 0. The lowest BCUT2D eigenvalue weighted by atomic mass is 10.0. The van der Waals surface area contributed by atoms with E-state index >= 15 is 0 Å². The molecule has 1 aromatic heterocycles. The van der Waals surface area contributed by atoms with E-state index < -0.39 is 17.9 Å². The number of hydrogen-bond donors (Lipinski definition) is 3. The molecule has 0 radical (unpaired) electrons. The molecule has 8 nitrogen and oxygen atoms in total. The van der Waals surface area contributed by atoms with Gasteiger partial charge in [-0.3, -0.25) is 19.3 Å². The number of unbranched alkanes of at least 4 members (excludes halogenated alkanes) is 1. The molecule has 3 amide bonds. The van der Waals surface area contributed by atoms with Gasteiger partial charge in [-0.1, -0.05) is 59.6 Å². The molecule has 0 bridgehead atoms. The summed E-state index contributed by atoms with van der Waals surface area (Å²) in [5.74, 6) is -0.716. The minimum Gasteiger partial charge on any atom is -0.395 e. The summed E-state index contributed by atoms with van der Waals surface area (Å²) in [6, 6.07) is 6.87. The number of amides is 3. The molecule has 34 heavy (non-hydrogen) atoms. The highest BCUT2D eigenvalue weighted by molar-refractivity contribution is 7.09. The van der Waals surface area contributed by atoms with Crippen molar-refractivity contribution in [1.29, 1.82) is 0 Å². The van der Waals surface area contributed by atoms with Crippen molar-refractivity contribution in [3.05, 3.63) is 40.4 Å². The van der Waals surface area contributed by atoms with Crippen LogP contribution in [0.25, 0.3) is 0 Å². The van der Waals surface area contributed by atoms with Crippen molar-refractivity contribution in [3.63, 3.8) is 0 Å². The zero-order valence-corrected chi connectivity index (χ0v) is 21.6. The highest BCUT2D eigenvalue weighted by atomic mass is 32.1. The fourth-order valence-electron chi connectivity index (χ4n) is 3.57. The Hall–Kier alpha value is -2.94. The van der Waals surface area contributed by atoms with Crippen LogP contribution < -0.4 is 21.7 Å². The smallest absolute Gasteiger partial charge is 0.272 e. The molecular formula is C25H37N5O3S. The van der Waals surface area contributed by atoms with E-state index in [1.165, 1.54) is 4.90 Å². The lowest BCUT2D eigenvalue weighted by Gasteiger charge is -2.31. The maximum absolute atomic E-state index is 13.8. The predicted octanol–water partition coefficient (Wildman–Crippen LogP) is 4.32. The number of primary amides is 1. The summed E-state index contributed by atoms with van der Waals surface area (Å²) in [6.45, 7) is 10.9. The number of hydrogen-bond acceptors (Lipinski definition) is 6. The molecule has 0 saturated heterocycles. The molecule has 1 aromatic carbocycles. The second-order valence-corrected chi connectivity index (χ2v) is 9.96. The van der Waals surface area contributed by atoms with Crippen LogP contribution >= 0.6 is 11.5 Å². The molecule has 1 atom stereocenters. The van der Waals surface area contributed by atoms with Gasteiger partial charge in [0.25, 0.3) is 11.8 Å². The molecule has 0 fully saturated rings. The third kappa shape index (κ3) is 6.79. The molecule has 5 N–H and O–H groups in total. The van der Waals surface area contributed by atoms with Gasteiger partial charge < -0.3 is 16.8 Å². The number of anilines is 2. The molecule has 2 aromatic rings. The number of nitrogens with zero attached hydrogens (tertiary/aromatic N) is 2. The van der Waals surface area contributed by atoms with Crippen LogP contribution in [0.5, 0.6) is 0 Å². The van der Waals surface area contributed by atoms with E-state index in [1.807, 2.05) is 31.2 Å². The first-order chi connectivity index (χ1) is 16.1. The van der Waals surface area contributed by atoms with Crippen molar-refractivity contribution in [1.82, 2.24) is 9.69 Å². The van der Waals surface area contributed by atoms with Crippen LogP contribution in [0.4, 0.5) is 11.4 Å². The van der Waals surface area contributed by atoms with Gasteiger partial charge in [-0.25, -0.2) is 0 Å². The molecule has 186 valence electrons. The van der Waals surface area contributed by atoms with Gasteiger partial charge in [-0.15, -0.1) is 0 Å². The molecule has 2 rings (SSSR count). The van der Waals surface area contributed by atoms with Crippen LogP contribution in [0.15, 0.2) is 24.3 Å². The average molecular weight is 488 g/mol. The number of carbonyl (C=O) groups excluding carboxylic acids is 3. The summed E-state index contributed by atoms with van der Waals surface area (Å²) in [5.41, 5.74) is 12.9. The molecule has 0 saturated carbocycles. The van der Waals surface area contributed by atoms with Crippen LogP contribution in [-0.2, 0) is 4.79 Å². The maximum atomic E-state index is 13.8. The zero-order chi connectivity index (χ0) is 25.4. The Morgan fingerprint density at radius 3 is 2.24 bits per heavy atom. The van der Waals surface area contributed by atoms with Gasteiger partial charge >= 0.3 is 0 Å². The largest absolute Gasteiger partial charge is 0.395 e. The number of carbonyl (C=O) groups is 3. The Balaban J connectivity index is 2.52. The highest BCUT2D eigenvalue weighted by Gasteiger charge is 2.34. The van der Waals surface area contributed by atoms with Crippen molar-refractivity contribution in [2.75, 3.05) is 17.2 Å². The average Bonchev–Trinajstić information content (AvgIpc) is 3.17. The predicted molar refractivity (Wildman–Crippen MR) is 138 cm³/mol. The molecule has 0 aliphatic rings. The first-order valence-electron chi connectivity index (χ1n) is 11.8. The Bertz CT molecular complexity index is 985. The number of nitrogen functional groups attached to an aromatic ring is 1. The Morgan fingerprint density at radius 1 is 1.09 bits per heavy atom. The van der Waals surface area contributed by atoms with Gasteiger partial charge in [0.1, 0.15) is 10.9 Å². The molecule has 1 heterocycles. The standard InChI is InChI=1S/C25H37N5O3S/c1-6-7-8-19(24(32)28-14-13-15(2)3)30(18-11-9-17(10-12-18)16(4)5)25(33)22-20(26)21(23(27)31)29-34-22/h9-12,15-16,19H,6-8,13-14,26H2,1-5H3,(H2,27,31)(H,28,32). The van der Waals surface area contributed by atoms with Crippen LogP contribution in [0, 0.1) is 5.92 Å². The van der Waals surface area contributed by atoms with E-state index in [0.29, 0.717) is 30.5 Å². The van der Waals surface area contributed by atoms with Gasteiger partial charge in [-0.05, 0) is 53.9 Å². The van der Waals surface area contributed by atoms with Crippen molar-refractivity contribution < 1.29 is 14.4 Å². The summed E-state index contributed by atoms with van der Waals surface area (Å²) >= 11 is 0.820. The van der Waals surface area contributed by atoms with Gasteiger partial charge in [0, 0.05) is 12.2 Å². The topological polar surface area (TPSA) is 131 Å². The van der Waals surface area contributed by atoms with Crippen molar-refractivity contribution in [2.24, 2.45) is 11.7 Å². The number of benzene rings is 1. The van der Waals surface area contributed by atoms with E-state index in [1.54, 1.807) is 0 Å². The quantitative estimate of drug-likeness (QED) is 0.410. The normalized spacial score (nSPS) is 12.1. The molecule has 0 spiro atoms. The summed E-state index contributed by atoms with van der Waals surface area (Å²) in [4.78, 5) is 40.4. The minimum absolute atomic E-state index is 0.0549. The van der Waals surface area contributed by atoms with Gasteiger partial charge in [0.2, 0.25) is 5.91 Å². The third-order valence-electron chi connectivity index (χ3n) is 5.68. The molecular weight excluding hydrogens is 450 g/mol. The lowest BCUT2D eigenvalue weighted by molar-refractivity contribution is -0.122. The van der Waals surface area contributed by atoms with E-state index in [4.69, 9.17) is 11.5 Å². The number of nitrogens with one attached hydrogen (secondary N) is 1. The Labute approximate surface area is 206 Å². The fourth-order valence-corrected chi connectivity index (χ4v) is 4.32. The molecule has 0 aliphatic carbocycles. The van der Waals surface area contributed by atoms with E-state index in [-0.39, 0.29) is 22.2 Å².